The number of nitrogens with one attached hydrogen (secondary N) is 1. The van der Waals surface area contributed by atoms with Crippen LogP contribution in [0.15, 0.2) is 18.2 Å². The lowest BCUT2D eigenvalue weighted by atomic mass is 9.90. The summed E-state index contributed by atoms with van der Waals surface area (Å²) >= 11 is 1.72. The summed E-state index contributed by atoms with van der Waals surface area (Å²) in [5.41, 5.74) is 4.37. The molecule has 1 N–H and O–H groups in total. The van der Waals surface area contributed by atoms with Crippen LogP contribution in [0.5, 0.6) is 0 Å². The molecule has 2 aliphatic rings. The summed E-state index contributed by atoms with van der Waals surface area (Å²) in [6.07, 6.45) is 2.45. The average Bonchev–Trinajstić information content (AvgIpc) is 3.20. The predicted molar refractivity (Wildman–Crippen MR) is 126 cm³/mol. The third-order valence-corrected chi connectivity index (χ3v) is 7.70. The molecule has 2 amide bonds. The van der Waals surface area contributed by atoms with Crippen molar-refractivity contribution in [1.82, 2.24) is 9.88 Å². The molecule has 31 heavy (non-hydrogen) atoms. The van der Waals surface area contributed by atoms with E-state index in [9.17, 15) is 9.59 Å². The first-order valence-corrected chi connectivity index (χ1v) is 12.0. The Balaban J connectivity index is 1.38. The lowest BCUT2D eigenvalue weighted by Crippen LogP contribution is -2.49. The first kappa shape index (κ1) is 21.8. The molecule has 1 aliphatic carbocycles. The van der Waals surface area contributed by atoms with Gasteiger partial charge in [-0.15, -0.1) is 11.3 Å². The number of piperazine rings is 1. The smallest absolute Gasteiger partial charge is 0.227 e. The lowest BCUT2D eigenvalue weighted by molar-refractivity contribution is -0.134. The van der Waals surface area contributed by atoms with Crippen molar-refractivity contribution >= 4 is 34.0 Å². The summed E-state index contributed by atoms with van der Waals surface area (Å²) < 4.78 is 0. The second-order valence-electron chi connectivity index (χ2n) is 9.01. The molecular weight excluding hydrogens is 408 g/mol. The average molecular weight is 441 g/mol. The number of nitrogens with zero attached hydrogens (tertiary/aromatic N) is 3. The van der Waals surface area contributed by atoms with E-state index in [-0.39, 0.29) is 23.7 Å². The molecule has 1 saturated heterocycles. The molecule has 6 nitrogen and oxygen atoms in total. The van der Waals surface area contributed by atoms with Gasteiger partial charge in [0.2, 0.25) is 11.8 Å². The largest absolute Gasteiger partial charge is 0.345 e. The highest BCUT2D eigenvalue weighted by atomic mass is 32.1. The number of hydrogen-bond acceptors (Lipinski definition) is 5. The Morgan fingerprint density at radius 3 is 2.61 bits per heavy atom. The van der Waals surface area contributed by atoms with E-state index in [4.69, 9.17) is 4.98 Å². The van der Waals surface area contributed by atoms with Crippen LogP contribution in [-0.2, 0) is 22.4 Å². The van der Waals surface area contributed by atoms with Gasteiger partial charge in [0.25, 0.3) is 0 Å². The Morgan fingerprint density at radius 2 is 1.90 bits per heavy atom. The highest BCUT2D eigenvalue weighted by Crippen LogP contribution is 2.35. The van der Waals surface area contributed by atoms with E-state index >= 15 is 0 Å². The van der Waals surface area contributed by atoms with Crippen LogP contribution >= 0.6 is 11.3 Å². The molecule has 166 valence electrons. The summed E-state index contributed by atoms with van der Waals surface area (Å²) in [4.78, 5) is 35.5. The minimum absolute atomic E-state index is 0.0128. The molecule has 1 fully saturated rings. The van der Waals surface area contributed by atoms with Gasteiger partial charge in [-0.1, -0.05) is 26.0 Å². The molecule has 7 heteroatoms. The first-order valence-electron chi connectivity index (χ1n) is 11.2. The number of benzene rings is 1. The Labute approximate surface area is 188 Å². The highest BCUT2D eigenvalue weighted by Gasteiger charge is 2.30. The van der Waals surface area contributed by atoms with E-state index < -0.39 is 0 Å². The molecule has 4 rings (SSSR count). The fraction of sp³-hybridized carbons (Fsp3) is 0.542. The van der Waals surface area contributed by atoms with E-state index in [1.807, 2.05) is 37.8 Å². The van der Waals surface area contributed by atoms with Crippen LogP contribution in [0.4, 0.5) is 10.8 Å². The number of fused-ring (bicyclic) bond motifs is 1. The number of rotatable bonds is 4. The topological polar surface area (TPSA) is 65.5 Å². The molecular formula is C24H32N4O2S. The minimum atomic E-state index is -0.0128. The van der Waals surface area contributed by atoms with Gasteiger partial charge in [0.15, 0.2) is 5.13 Å². The van der Waals surface area contributed by atoms with Crippen molar-refractivity contribution < 1.29 is 9.59 Å². The van der Waals surface area contributed by atoms with Gasteiger partial charge >= 0.3 is 0 Å². The molecule has 2 aromatic rings. The standard InChI is InChI=1S/C24H32N4O2S/c1-15(2)23(30)27-10-12-28(13-11-27)24-26-20-9-8-18(14-21(20)31-24)22(29)25-19-7-5-6-16(3)17(19)4/h5-7,15,18H,8-14H2,1-4H3,(H,25,29)/t18-/m1/s1. The minimum Gasteiger partial charge on any atom is -0.345 e. The molecule has 1 aromatic carbocycles. The molecule has 0 radical (unpaired) electrons. The molecule has 0 unspecified atom stereocenters. The molecule has 1 aromatic heterocycles. The number of aromatic nitrogens is 1. The van der Waals surface area contributed by atoms with E-state index in [0.717, 1.165) is 67.5 Å². The molecule has 1 atom stereocenters. The van der Waals surface area contributed by atoms with Crippen molar-refractivity contribution in [3.8, 4) is 0 Å². The van der Waals surface area contributed by atoms with Crippen LogP contribution in [0.1, 0.15) is 42.0 Å². The summed E-state index contributed by atoms with van der Waals surface area (Å²) in [6.45, 7) is 11.2. The van der Waals surface area contributed by atoms with Crippen molar-refractivity contribution in [3.63, 3.8) is 0 Å². The summed E-state index contributed by atoms with van der Waals surface area (Å²) in [7, 11) is 0. The second kappa shape index (κ2) is 8.99. The number of aryl methyl sites for hydroxylation is 2. The van der Waals surface area contributed by atoms with Crippen LogP contribution < -0.4 is 10.2 Å². The third kappa shape index (κ3) is 4.61. The fourth-order valence-electron chi connectivity index (χ4n) is 4.32. The molecule has 0 spiro atoms. The molecule has 0 bridgehead atoms. The Kier molecular flexibility index (Phi) is 6.32. The van der Waals surface area contributed by atoms with Crippen LogP contribution in [0.3, 0.4) is 0 Å². The Hall–Kier alpha value is -2.41. The van der Waals surface area contributed by atoms with Crippen LogP contribution in [0.25, 0.3) is 0 Å². The summed E-state index contributed by atoms with van der Waals surface area (Å²) in [5, 5.41) is 4.18. The predicted octanol–water partition coefficient (Wildman–Crippen LogP) is 3.81. The quantitative estimate of drug-likeness (QED) is 0.785. The van der Waals surface area contributed by atoms with Gasteiger partial charge in [-0.25, -0.2) is 4.98 Å². The lowest BCUT2D eigenvalue weighted by Gasteiger charge is -2.35. The summed E-state index contributed by atoms with van der Waals surface area (Å²) in [6, 6.07) is 6.03. The van der Waals surface area contributed by atoms with E-state index in [2.05, 4.69) is 23.2 Å². The number of amides is 2. The first-order chi connectivity index (χ1) is 14.8. The number of hydrogen-bond donors (Lipinski definition) is 1. The van der Waals surface area contributed by atoms with Gasteiger partial charge in [-0.2, -0.15) is 0 Å². The van der Waals surface area contributed by atoms with Crippen molar-refractivity contribution in [2.24, 2.45) is 11.8 Å². The molecule has 2 heterocycles. The van der Waals surface area contributed by atoms with E-state index in [1.54, 1.807) is 11.3 Å². The van der Waals surface area contributed by atoms with E-state index in [0.29, 0.717) is 0 Å². The zero-order valence-electron chi connectivity index (χ0n) is 18.9. The van der Waals surface area contributed by atoms with E-state index in [1.165, 1.54) is 10.4 Å². The van der Waals surface area contributed by atoms with Crippen LogP contribution in [0, 0.1) is 25.7 Å². The van der Waals surface area contributed by atoms with Crippen molar-refractivity contribution in [2.45, 2.75) is 47.0 Å². The SMILES string of the molecule is Cc1cccc(NC(=O)[C@@H]2CCc3nc(N4CCN(C(=O)C(C)C)CC4)sc3C2)c1C. The van der Waals surface area contributed by atoms with Gasteiger partial charge in [0.05, 0.1) is 5.69 Å². The zero-order valence-corrected chi connectivity index (χ0v) is 19.7. The van der Waals surface area contributed by atoms with Gasteiger partial charge in [0.1, 0.15) is 0 Å². The Bertz CT molecular complexity index is 976. The van der Waals surface area contributed by atoms with Gasteiger partial charge in [-0.3, -0.25) is 9.59 Å². The Morgan fingerprint density at radius 1 is 1.16 bits per heavy atom. The third-order valence-electron chi connectivity index (χ3n) is 6.52. The maximum absolute atomic E-state index is 12.9. The van der Waals surface area contributed by atoms with Crippen molar-refractivity contribution in [2.75, 3.05) is 36.4 Å². The van der Waals surface area contributed by atoms with Crippen molar-refractivity contribution in [3.05, 3.63) is 39.9 Å². The number of carbonyl (C=O) groups is 2. The molecule has 1 aliphatic heterocycles. The monoisotopic (exact) mass is 440 g/mol. The van der Waals surface area contributed by atoms with Crippen LogP contribution in [-0.4, -0.2) is 47.9 Å². The maximum Gasteiger partial charge on any atom is 0.227 e. The number of thiazole rings is 1. The number of anilines is 2. The second-order valence-corrected chi connectivity index (χ2v) is 10.1. The van der Waals surface area contributed by atoms with Gasteiger partial charge < -0.3 is 15.1 Å². The maximum atomic E-state index is 12.9. The highest BCUT2D eigenvalue weighted by molar-refractivity contribution is 7.15. The fourth-order valence-corrected chi connectivity index (χ4v) is 5.56. The molecule has 0 saturated carbocycles. The van der Waals surface area contributed by atoms with Gasteiger partial charge in [-0.05, 0) is 50.3 Å². The number of carbonyl (C=O) groups excluding carboxylic acids is 2. The van der Waals surface area contributed by atoms with Crippen molar-refractivity contribution in [1.29, 1.82) is 0 Å². The van der Waals surface area contributed by atoms with Gasteiger partial charge in [0, 0.05) is 48.6 Å². The van der Waals surface area contributed by atoms with Crippen LogP contribution in [0.2, 0.25) is 0 Å². The normalized spacial score (nSPS) is 18.8. The zero-order chi connectivity index (χ0) is 22.1. The summed E-state index contributed by atoms with van der Waals surface area (Å²) in [5.74, 6) is 0.373.